The largest absolute Gasteiger partial charge is 0.504 e. The van der Waals surface area contributed by atoms with Gasteiger partial charge in [0.15, 0.2) is 28.7 Å². The highest BCUT2D eigenvalue weighted by Gasteiger charge is 2.11. The van der Waals surface area contributed by atoms with Crippen molar-refractivity contribution in [3.05, 3.63) is 41.5 Å². The molecule has 2 rings (SSSR count). The molecule has 0 saturated heterocycles. The maximum atomic E-state index is 10.3. The predicted molar refractivity (Wildman–Crippen MR) is 75.1 cm³/mol. The molecule has 0 amide bonds. The molecular weight excluding hydrogens is 312 g/mol. The topological polar surface area (TPSA) is 176 Å². The number of aromatic carboxylic acids is 2. The molecule has 0 radical (unpaired) electrons. The Morgan fingerprint density at radius 1 is 0.609 bits per heavy atom. The van der Waals surface area contributed by atoms with Crippen LogP contribution in [0.15, 0.2) is 30.3 Å². The van der Waals surface area contributed by atoms with Crippen molar-refractivity contribution in [1.29, 1.82) is 0 Å². The Labute approximate surface area is 128 Å². The second kappa shape index (κ2) is 6.89. The van der Waals surface area contributed by atoms with Crippen LogP contribution in [0.5, 0.6) is 28.7 Å². The maximum Gasteiger partial charge on any atom is 0.335 e. The summed E-state index contributed by atoms with van der Waals surface area (Å²) in [5.41, 5.74) is -0.344. The molecule has 9 heteroatoms. The molecular formula is C14H12O9. The summed E-state index contributed by atoms with van der Waals surface area (Å²) >= 11 is 0. The van der Waals surface area contributed by atoms with Crippen molar-refractivity contribution < 1.29 is 45.3 Å². The third-order valence-corrected chi connectivity index (χ3v) is 2.54. The van der Waals surface area contributed by atoms with Gasteiger partial charge in [-0.2, -0.15) is 0 Å². The molecule has 0 heterocycles. The summed E-state index contributed by atoms with van der Waals surface area (Å²) in [6.07, 6.45) is 0. The standard InChI is InChI=1S/C7H6O5.C7H6O4/c8-4-1-3(7(11)12)2-5(9)6(4)10;8-5-2-1-4(7(10)11)3-6(5)9/h1-2,8-10H,(H,11,12);1-3,8-9H,(H,10,11). The normalized spacial score (nSPS) is 9.57. The summed E-state index contributed by atoms with van der Waals surface area (Å²) in [4.78, 5) is 20.6. The van der Waals surface area contributed by atoms with Gasteiger partial charge in [0.05, 0.1) is 11.1 Å². The summed E-state index contributed by atoms with van der Waals surface area (Å²) in [7, 11) is 0. The van der Waals surface area contributed by atoms with Gasteiger partial charge in [-0.25, -0.2) is 9.59 Å². The molecule has 0 aromatic heterocycles. The Morgan fingerprint density at radius 3 is 1.43 bits per heavy atom. The van der Waals surface area contributed by atoms with Gasteiger partial charge in [-0.3, -0.25) is 0 Å². The molecule has 0 bridgehead atoms. The fraction of sp³-hybridized carbons (Fsp3) is 0. The van der Waals surface area contributed by atoms with Crippen molar-refractivity contribution in [2.45, 2.75) is 0 Å². The van der Waals surface area contributed by atoms with Crippen LogP contribution < -0.4 is 0 Å². The van der Waals surface area contributed by atoms with Crippen LogP contribution in [0.2, 0.25) is 0 Å². The lowest BCUT2D eigenvalue weighted by Crippen LogP contribution is -1.95. The molecule has 23 heavy (non-hydrogen) atoms. The number of rotatable bonds is 2. The van der Waals surface area contributed by atoms with Crippen molar-refractivity contribution in [3.63, 3.8) is 0 Å². The molecule has 2 aromatic rings. The average Bonchev–Trinajstić information content (AvgIpc) is 2.47. The Bertz CT molecular complexity index is 729. The summed E-state index contributed by atoms with van der Waals surface area (Å²) < 4.78 is 0. The molecule has 2 aromatic carbocycles. The van der Waals surface area contributed by atoms with E-state index in [0.717, 1.165) is 24.3 Å². The first-order valence-corrected chi connectivity index (χ1v) is 5.87. The molecule has 0 unspecified atom stereocenters. The maximum absolute atomic E-state index is 10.3. The van der Waals surface area contributed by atoms with Gasteiger partial charge in [0.25, 0.3) is 0 Å². The Balaban J connectivity index is 0.000000231. The summed E-state index contributed by atoms with van der Waals surface area (Å²) in [5.74, 6) is -5.22. The molecule has 0 saturated carbocycles. The van der Waals surface area contributed by atoms with E-state index >= 15 is 0 Å². The van der Waals surface area contributed by atoms with Crippen molar-refractivity contribution in [1.82, 2.24) is 0 Å². The highest BCUT2D eigenvalue weighted by Crippen LogP contribution is 2.35. The van der Waals surface area contributed by atoms with Crippen molar-refractivity contribution in [3.8, 4) is 28.7 Å². The van der Waals surface area contributed by atoms with Gasteiger partial charge in [0, 0.05) is 0 Å². The summed E-state index contributed by atoms with van der Waals surface area (Å²) in [6, 6.07) is 5.00. The number of benzene rings is 2. The fourth-order valence-corrected chi connectivity index (χ4v) is 1.38. The van der Waals surface area contributed by atoms with Crippen LogP contribution in [-0.4, -0.2) is 47.7 Å². The predicted octanol–water partition coefficient (Wildman–Crippen LogP) is 1.30. The Hall–Kier alpha value is -3.62. The monoisotopic (exact) mass is 324 g/mol. The molecule has 0 spiro atoms. The number of phenols is 5. The van der Waals surface area contributed by atoms with Gasteiger partial charge in [-0.15, -0.1) is 0 Å². The molecule has 122 valence electrons. The number of carboxylic acid groups (broad SMARTS) is 2. The number of phenolic OH excluding ortho intramolecular Hbond substituents is 5. The van der Waals surface area contributed by atoms with E-state index in [2.05, 4.69) is 0 Å². The minimum Gasteiger partial charge on any atom is -0.504 e. The number of carbonyl (C=O) groups is 2. The zero-order valence-electron chi connectivity index (χ0n) is 11.3. The van der Waals surface area contributed by atoms with Gasteiger partial charge in [0.2, 0.25) is 0 Å². The van der Waals surface area contributed by atoms with Gasteiger partial charge >= 0.3 is 11.9 Å². The highest BCUT2D eigenvalue weighted by molar-refractivity contribution is 5.89. The van der Waals surface area contributed by atoms with Crippen LogP contribution in [0, 0.1) is 0 Å². The van der Waals surface area contributed by atoms with Crippen LogP contribution in [0.4, 0.5) is 0 Å². The first-order valence-electron chi connectivity index (χ1n) is 5.87. The van der Waals surface area contributed by atoms with Crippen LogP contribution in [0.1, 0.15) is 20.7 Å². The van der Waals surface area contributed by atoms with Crippen LogP contribution >= 0.6 is 0 Å². The van der Waals surface area contributed by atoms with E-state index in [1.165, 1.54) is 6.07 Å². The minimum atomic E-state index is -1.29. The third kappa shape index (κ3) is 4.43. The lowest BCUT2D eigenvalue weighted by Gasteiger charge is -2.01. The van der Waals surface area contributed by atoms with Crippen LogP contribution in [0.25, 0.3) is 0 Å². The lowest BCUT2D eigenvalue weighted by molar-refractivity contribution is 0.0685. The van der Waals surface area contributed by atoms with E-state index in [9.17, 15) is 9.59 Å². The quantitative estimate of drug-likeness (QED) is 0.401. The van der Waals surface area contributed by atoms with Gasteiger partial charge in [-0.05, 0) is 30.3 Å². The van der Waals surface area contributed by atoms with E-state index in [1.807, 2.05) is 0 Å². The van der Waals surface area contributed by atoms with Crippen LogP contribution in [-0.2, 0) is 0 Å². The molecule has 0 aliphatic rings. The zero-order chi connectivity index (χ0) is 17.7. The molecule has 0 aliphatic carbocycles. The SMILES string of the molecule is O=C(O)c1cc(O)c(O)c(O)c1.O=C(O)c1ccc(O)c(O)c1. The van der Waals surface area contributed by atoms with Crippen molar-refractivity contribution >= 4 is 11.9 Å². The Kier molecular flexibility index (Phi) is 5.22. The fourth-order valence-electron chi connectivity index (χ4n) is 1.38. The van der Waals surface area contributed by atoms with Gasteiger partial charge in [0.1, 0.15) is 0 Å². The summed E-state index contributed by atoms with van der Waals surface area (Å²) in [6.45, 7) is 0. The van der Waals surface area contributed by atoms with Crippen molar-refractivity contribution in [2.24, 2.45) is 0 Å². The van der Waals surface area contributed by atoms with E-state index < -0.39 is 34.9 Å². The second-order valence-electron chi connectivity index (χ2n) is 4.18. The zero-order valence-corrected chi connectivity index (χ0v) is 11.3. The van der Waals surface area contributed by atoms with E-state index in [0.29, 0.717) is 0 Å². The highest BCUT2D eigenvalue weighted by atomic mass is 16.4. The van der Waals surface area contributed by atoms with E-state index in [-0.39, 0.29) is 16.9 Å². The number of hydrogen-bond acceptors (Lipinski definition) is 7. The number of aromatic hydroxyl groups is 5. The molecule has 7 N–H and O–H groups in total. The molecule has 0 fully saturated rings. The van der Waals surface area contributed by atoms with Gasteiger partial charge in [-0.1, -0.05) is 0 Å². The van der Waals surface area contributed by atoms with Gasteiger partial charge < -0.3 is 35.7 Å². The number of hydrogen-bond donors (Lipinski definition) is 7. The molecule has 9 nitrogen and oxygen atoms in total. The first kappa shape index (κ1) is 17.4. The van der Waals surface area contributed by atoms with Crippen LogP contribution in [0.3, 0.4) is 0 Å². The van der Waals surface area contributed by atoms with E-state index in [4.69, 9.17) is 35.7 Å². The smallest absolute Gasteiger partial charge is 0.335 e. The first-order chi connectivity index (χ1) is 10.6. The summed E-state index contributed by atoms with van der Waals surface area (Å²) in [5, 5.41) is 61.0. The average molecular weight is 324 g/mol. The van der Waals surface area contributed by atoms with Crippen molar-refractivity contribution in [2.75, 3.05) is 0 Å². The third-order valence-electron chi connectivity index (χ3n) is 2.54. The van der Waals surface area contributed by atoms with E-state index in [1.54, 1.807) is 0 Å². The Morgan fingerprint density at radius 2 is 1.04 bits per heavy atom. The number of carboxylic acids is 2. The molecule has 0 atom stereocenters. The molecule has 0 aliphatic heterocycles. The minimum absolute atomic E-state index is 0.0553. The lowest BCUT2D eigenvalue weighted by atomic mass is 10.2. The second-order valence-corrected chi connectivity index (χ2v) is 4.18.